The van der Waals surface area contributed by atoms with Crippen LogP contribution in [0.4, 0.5) is 5.13 Å². The molecule has 1 saturated heterocycles. The molecule has 2 amide bonds. The van der Waals surface area contributed by atoms with Gasteiger partial charge in [0.2, 0.25) is 5.91 Å². The summed E-state index contributed by atoms with van der Waals surface area (Å²) in [7, 11) is 1.26. The Morgan fingerprint density at radius 3 is 2.81 bits per heavy atom. The Kier molecular flexibility index (Phi) is 6.69. The Bertz CT molecular complexity index is 824. The average molecular weight is 405 g/mol. The van der Waals surface area contributed by atoms with Crippen LogP contribution in [0.1, 0.15) is 12.1 Å². The topological polar surface area (TPSA) is 150 Å². The van der Waals surface area contributed by atoms with Crippen molar-refractivity contribution in [1.29, 1.82) is 0 Å². The van der Waals surface area contributed by atoms with Crippen molar-refractivity contribution < 1.29 is 53.9 Å². The number of oxime groups is 1. The first-order chi connectivity index (χ1) is 11.9. The van der Waals surface area contributed by atoms with Gasteiger partial charge in [0.25, 0.3) is 5.91 Å². The summed E-state index contributed by atoms with van der Waals surface area (Å²) in [5, 5.41) is 19.1. The Labute approximate surface area is 178 Å². The van der Waals surface area contributed by atoms with E-state index in [1.165, 1.54) is 24.3 Å². The molecule has 26 heavy (non-hydrogen) atoms. The maximum absolute atomic E-state index is 12.5. The molecule has 132 valence electrons. The van der Waals surface area contributed by atoms with E-state index in [2.05, 4.69) is 20.3 Å². The van der Waals surface area contributed by atoms with E-state index >= 15 is 0 Å². The van der Waals surface area contributed by atoms with Crippen molar-refractivity contribution in [3.8, 4) is 0 Å². The third-order valence-corrected chi connectivity index (χ3v) is 5.36. The van der Waals surface area contributed by atoms with Crippen LogP contribution in [0.3, 0.4) is 0 Å². The molecule has 2 aliphatic heterocycles. The van der Waals surface area contributed by atoms with Gasteiger partial charge < -0.3 is 25.8 Å². The first-order valence-electron chi connectivity index (χ1n) is 6.94. The molecule has 13 heteroatoms. The summed E-state index contributed by atoms with van der Waals surface area (Å²) in [5.41, 5.74) is 5.31. The predicted molar refractivity (Wildman–Crippen MR) is 88.0 cm³/mol. The second-order valence-corrected chi connectivity index (χ2v) is 7.05. The largest absolute Gasteiger partial charge is 1.00 e. The number of thioether (sulfide) groups is 1. The van der Waals surface area contributed by atoms with Crippen molar-refractivity contribution >= 4 is 51.7 Å². The molecule has 0 spiro atoms. The van der Waals surface area contributed by atoms with Crippen molar-refractivity contribution in [1.82, 2.24) is 15.2 Å². The van der Waals surface area contributed by atoms with Crippen LogP contribution >= 0.6 is 23.1 Å². The molecule has 3 heterocycles. The smallest absolute Gasteiger partial charge is 0.543 e. The number of carboxylic acid groups (broad SMARTS) is 1. The van der Waals surface area contributed by atoms with Gasteiger partial charge >= 0.3 is 29.6 Å². The van der Waals surface area contributed by atoms with Gasteiger partial charge in [0.15, 0.2) is 10.8 Å². The minimum absolute atomic E-state index is 0. The summed E-state index contributed by atoms with van der Waals surface area (Å²) in [6, 6.07) is 0. The van der Waals surface area contributed by atoms with Crippen LogP contribution in [-0.4, -0.2) is 51.6 Å². The molecule has 3 rings (SSSR count). The first-order valence-corrected chi connectivity index (χ1v) is 8.87. The number of aromatic nitrogens is 1. The van der Waals surface area contributed by atoms with Crippen LogP contribution < -0.4 is 45.7 Å². The number of amides is 2. The summed E-state index contributed by atoms with van der Waals surface area (Å²) in [4.78, 5) is 45.4. The van der Waals surface area contributed by atoms with Crippen molar-refractivity contribution in [2.45, 2.75) is 11.8 Å². The van der Waals surface area contributed by atoms with Crippen LogP contribution in [0.15, 0.2) is 21.9 Å². The zero-order valence-corrected chi connectivity index (χ0v) is 17.5. The number of nitrogens with one attached hydrogen (secondary N) is 1. The standard InChI is InChI=1S/C13H13N5O5S2.Na/c1-23-17-9(5-3-25-13(14)16-5)11(20)15-6-4-24-8-2-7(19)18(8)10(6)12(21)22;/h3,8H,2,4H2,1H3,(H2,14,16)(H,15,20)(H,21,22);/q;+1/p-1/t8-;/m1./s1. The summed E-state index contributed by atoms with van der Waals surface area (Å²) in [6.45, 7) is 0. The Morgan fingerprint density at radius 1 is 1.54 bits per heavy atom. The molecule has 0 unspecified atom stereocenters. The molecule has 0 aromatic carbocycles. The minimum atomic E-state index is -1.53. The van der Waals surface area contributed by atoms with Crippen molar-refractivity contribution in [2.75, 3.05) is 18.6 Å². The van der Waals surface area contributed by atoms with Gasteiger partial charge in [-0.25, -0.2) is 4.98 Å². The van der Waals surface area contributed by atoms with Gasteiger partial charge in [0, 0.05) is 11.1 Å². The summed E-state index contributed by atoms with van der Waals surface area (Å²) in [5.74, 6) is -2.38. The molecular weight excluding hydrogens is 393 g/mol. The molecule has 1 fully saturated rings. The van der Waals surface area contributed by atoms with Crippen LogP contribution in [0.25, 0.3) is 0 Å². The SMILES string of the molecule is CON=C(C(=O)NC1=C(C(=O)[O-])N2C(=O)C[C@H]2SC1)c1csc(N)n1.[Na+]. The number of fused-ring (bicyclic) bond motifs is 1. The summed E-state index contributed by atoms with van der Waals surface area (Å²) in [6.07, 6.45) is 0.261. The number of carbonyl (C=O) groups is 3. The Morgan fingerprint density at radius 2 is 2.27 bits per heavy atom. The number of hydrogen-bond acceptors (Lipinski definition) is 10. The van der Waals surface area contributed by atoms with E-state index in [-0.39, 0.29) is 80.9 Å². The maximum Gasteiger partial charge on any atom is 1.00 e. The van der Waals surface area contributed by atoms with Gasteiger partial charge in [-0.3, -0.25) is 14.5 Å². The number of anilines is 1. The minimum Gasteiger partial charge on any atom is -0.543 e. The molecule has 1 aromatic rings. The van der Waals surface area contributed by atoms with Gasteiger partial charge in [0.1, 0.15) is 12.8 Å². The van der Waals surface area contributed by atoms with Gasteiger partial charge in [-0.15, -0.1) is 23.1 Å². The van der Waals surface area contributed by atoms with E-state index in [1.54, 1.807) is 0 Å². The molecule has 0 bridgehead atoms. The van der Waals surface area contributed by atoms with Gasteiger partial charge in [0.05, 0.1) is 29.2 Å². The fourth-order valence-electron chi connectivity index (χ4n) is 2.39. The Balaban J connectivity index is 0.00000243. The van der Waals surface area contributed by atoms with Gasteiger partial charge in [-0.1, -0.05) is 5.16 Å². The second kappa shape index (κ2) is 8.39. The number of aliphatic carboxylic acids is 1. The maximum atomic E-state index is 12.5. The second-order valence-electron chi connectivity index (χ2n) is 5.00. The van der Waals surface area contributed by atoms with Crippen molar-refractivity contribution in [3.63, 3.8) is 0 Å². The van der Waals surface area contributed by atoms with Crippen molar-refractivity contribution in [2.24, 2.45) is 5.16 Å². The first kappa shape index (κ1) is 20.7. The van der Waals surface area contributed by atoms with Crippen molar-refractivity contribution in [3.05, 3.63) is 22.5 Å². The van der Waals surface area contributed by atoms with E-state index in [0.29, 0.717) is 0 Å². The molecule has 2 aliphatic rings. The third-order valence-electron chi connectivity index (χ3n) is 3.47. The third kappa shape index (κ3) is 3.88. The van der Waals surface area contributed by atoms with Crippen LogP contribution in [0, 0.1) is 0 Å². The van der Waals surface area contributed by atoms with Crippen LogP contribution in [-0.2, 0) is 19.2 Å². The number of nitrogens with zero attached hydrogens (tertiary/aromatic N) is 3. The normalized spacial score (nSPS) is 19.3. The predicted octanol–water partition coefficient (Wildman–Crippen LogP) is -4.54. The van der Waals surface area contributed by atoms with E-state index in [9.17, 15) is 19.5 Å². The van der Waals surface area contributed by atoms with E-state index < -0.39 is 11.9 Å². The average Bonchev–Trinajstić information content (AvgIpc) is 2.98. The molecule has 1 aromatic heterocycles. The van der Waals surface area contributed by atoms with Gasteiger partial charge in [-0.2, -0.15) is 0 Å². The van der Waals surface area contributed by atoms with Crippen LogP contribution in [0.5, 0.6) is 0 Å². The molecule has 0 radical (unpaired) electrons. The number of hydrogen-bond donors (Lipinski definition) is 2. The molecule has 0 saturated carbocycles. The number of nitrogens with two attached hydrogens (primary N) is 1. The number of thiazole rings is 1. The monoisotopic (exact) mass is 405 g/mol. The summed E-state index contributed by atoms with van der Waals surface area (Å²) >= 11 is 2.46. The molecule has 0 aliphatic carbocycles. The van der Waals surface area contributed by atoms with E-state index in [0.717, 1.165) is 16.2 Å². The molecular formula is C13H12N5NaO5S2. The number of β-lactam (4-membered cyclic amide) rings is 1. The molecule has 10 nitrogen and oxygen atoms in total. The number of carbonyl (C=O) groups excluding carboxylic acids is 3. The quantitative estimate of drug-likeness (QED) is 0.215. The van der Waals surface area contributed by atoms with E-state index in [4.69, 9.17) is 5.73 Å². The fraction of sp³-hybridized carbons (Fsp3) is 0.308. The molecule has 3 N–H and O–H groups in total. The van der Waals surface area contributed by atoms with Gasteiger partial charge in [-0.05, 0) is 0 Å². The van der Waals surface area contributed by atoms with Crippen LogP contribution in [0.2, 0.25) is 0 Å². The zero-order valence-electron chi connectivity index (χ0n) is 13.8. The molecule has 1 atom stereocenters. The number of rotatable bonds is 5. The summed E-state index contributed by atoms with van der Waals surface area (Å²) < 4.78 is 0. The zero-order chi connectivity index (χ0) is 18.1. The number of nitrogen functional groups attached to an aromatic ring is 1. The Hall–Kier alpha value is -1.60. The number of carboxylic acids is 1. The fourth-order valence-corrected chi connectivity index (χ4v) is 4.14. The van der Waals surface area contributed by atoms with E-state index in [1.807, 2.05) is 0 Å².